The van der Waals surface area contributed by atoms with Crippen molar-refractivity contribution in [3.63, 3.8) is 0 Å². The number of hydrogen-bond donors (Lipinski definition) is 1. The van der Waals surface area contributed by atoms with Crippen LogP contribution in [0.25, 0.3) is 0 Å². The number of nitrogens with zero attached hydrogens (tertiary/aromatic N) is 1. The molecule has 0 spiro atoms. The van der Waals surface area contributed by atoms with Gasteiger partial charge in [-0.15, -0.1) is 0 Å². The molecule has 0 bridgehead atoms. The maximum atomic E-state index is 10.3. The van der Waals surface area contributed by atoms with E-state index in [1.165, 1.54) is 5.56 Å². The van der Waals surface area contributed by atoms with Crippen LogP contribution in [0.4, 0.5) is 0 Å². The molecule has 1 aromatic heterocycles. The van der Waals surface area contributed by atoms with Crippen molar-refractivity contribution < 1.29 is 19.0 Å². The normalized spacial score (nSPS) is 13.8. The fourth-order valence-electron chi connectivity index (χ4n) is 2.64. The number of aliphatic hydroxyl groups excluding tert-OH is 1. The predicted octanol–water partition coefficient (Wildman–Crippen LogP) is 3.47. The first kappa shape index (κ1) is 19.5. The zero-order chi connectivity index (χ0) is 18.1. The molecule has 0 amide bonds. The lowest BCUT2D eigenvalue weighted by molar-refractivity contribution is -0.00271. The van der Waals surface area contributed by atoms with Gasteiger partial charge in [-0.2, -0.15) is 0 Å². The van der Waals surface area contributed by atoms with Crippen molar-refractivity contribution in [3.05, 3.63) is 54.0 Å². The summed E-state index contributed by atoms with van der Waals surface area (Å²) < 4.78 is 16.0. The standard InChI is InChI=1S/C20H29NO4/c1-4-16(2)21(12-17-7-9-19(23-3)10-8-17)13-18(22)14-24-15-20-6-5-11-25-20/h5-11,16,18,22H,4,12-15H2,1-3H3/t16-,18-/m1/s1. The van der Waals surface area contributed by atoms with Crippen LogP contribution >= 0.6 is 0 Å². The topological polar surface area (TPSA) is 55.1 Å². The molecule has 0 aliphatic rings. The summed E-state index contributed by atoms with van der Waals surface area (Å²) in [5.74, 6) is 1.62. The first-order valence-electron chi connectivity index (χ1n) is 8.77. The number of aliphatic hydroxyl groups is 1. The number of ether oxygens (including phenoxy) is 2. The van der Waals surface area contributed by atoms with E-state index in [9.17, 15) is 5.11 Å². The molecule has 0 saturated carbocycles. The fourth-order valence-corrected chi connectivity index (χ4v) is 2.64. The molecule has 1 heterocycles. The highest BCUT2D eigenvalue weighted by atomic mass is 16.5. The molecule has 1 N–H and O–H groups in total. The third kappa shape index (κ3) is 6.53. The van der Waals surface area contributed by atoms with E-state index in [-0.39, 0.29) is 6.61 Å². The Morgan fingerprint density at radius 3 is 2.56 bits per heavy atom. The van der Waals surface area contributed by atoms with E-state index < -0.39 is 6.10 Å². The second kappa shape index (κ2) is 10.2. The maximum Gasteiger partial charge on any atom is 0.129 e. The minimum Gasteiger partial charge on any atom is -0.497 e. The molecular formula is C20H29NO4. The van der Waals surface area contributed by atoms with Gasteiger partial charge in [-0.25, -0.2) is 0 Å². The lowest BCUT2D eigenvalue weighted by Crippen LogP contribution is -2.39. The summed E-state index contributed by atoms with van der Waals surface area (Å²) >= 11 is 0. The maximum absolute atomic E-state index is 10.3. The smallest absolute Gasteiger partial charge is 0.129 e. The molecule has 0 fully saturated rings. The molecule has 2 rings (SSSR count). The van der Waals surface area contributed by atoms with E-state index in [1.807, 2.05) is 24.3 Å². The number of hydrogen-bond acceptors (Lipinski definition) is 5. The molecule has 0 radical (unpaired) electrons. The summed E-state index contributed by atoms with van der Waals surface area (Å²) in [6.07, 6.45) is 2.10. The summed E-state index contributed by atoms with van der Waals surface area (Å²) in [5.41, 5.74) is 1.20. The SMILES string of the molecule is CC[C@@H](C)N(Cc1ccc(OC)cc1)C[C@@H](O)COCc1ccco1. The van der Waals surface area contributed by atoms with Crippen LogP contribution in [-0.2, 0) is 17.9 Å². The Hall–Kier alpha value is -1.82. The van der Waals surface area contributed by atoms with Crippen molar-refractivity contribution >= 4 is 0 Å². The number of furan rings is 1. The Bertz CT molecular complexity index is 582. The van der Waals surface area contributed by atoms with Crippen LogP contribution in [0.5, 0.6) is 5.75 Å². The molecule has 0 unspecified atom stereocenters. The van der Waals surface area contributed by atoms with Crippen molar-refractivity contribution in [3.8, 4) is 5.75 Å². The van der Waals surface area contributed by atoms with Gasteiger partial charge in [0.15, 0.2) is 0 Å². The molecule has 0 aliphatic heterocycles. The third-order valence-electron chi connectivity index (χ3n) is 4.34. The van der Waals surface area contributed by atoms with Gasteiger partial charge in [0.2, 0.25) is 0 Å². The summed E-state index contributed by atoms with van der Waals surface area (Å²) in [4.78, 5) is 2.28. The zero-order valence-electron chi connectivity index (χ0n) is 15.4. The van der Waals surface area contributed by atoms with Gasteiger partial charge in [0, 0.05) is 19.1 Å². The largest absolute Gasteiger partial charge is 0.497 e. The highest BCUT2D eigenvalue weighted by molar-refractivity contribution is 5.27. The summed E-state index contributed by atoms with van der Waals surface area (Å²) in [5, 5.41) is 10.3. The lowest BCUT2D eigenvalue weighted by atomic mass is 10.1. The van der Waals surface area contributed by atoms with Gasteiger partial charge in [-0.1, -0.05) is 19.1 Å². The van der Waals surface area contributed by atoms with Gasteiger partial charge in [0.1, 0.15) is 18.1 Å². The van der Waals surface area contributed by atoms with Gasteiger partial charge in [-0.05, 0) is 43.2 Å². The van der Waals surface area contributed by atoms with Crippen molar-refractivity contribution in [2.75, 3.05) is 20.3 Å². The molecule has 2 atom stereocenters. The van der Waals surface area contributed by atoms with Crippen LogP contribution in [0.1, 0.15) is 31.6 Å². The van der Waals surface area contributed by atoms with Gasteiger partial charge in [-0.3, -0.25) is 4.90 Å². The quantitative estimate of drug-likeness (QED) is 0.674. The lowest BCUT2D eigenvalue weighted by Gasteiger charge is -2.30. The van der Waals surface area contributed by atoms with Crippen molar-refractivity contribution in [1.82, 2.24) is 4.90 Å². The molecule has 138 valence electrons. The minimum atomic E-state index is -0.540. The van der Waals surface area contributed by atoms with E-state index in [0.29, 0.717) is 19.2 Å². The van der Waals surface area contributed by atoms with Crippen molar-refractivity contribution in [2.24, 2.45) is 0 Å². The minimum absolute atomic E-state index is 0.288. The van der Waals surface area contributed by atoms with Gasteiger partial charge in [0.05, 0.1) is 26.1 Å². The Morgan fingerprint density at radius 1 is 1.20 bits per heavy atom. The van der Waals surface area contributed by atoms with Crippen molar-refractivity contribution in [1.29, 1.82) is 0 Å². The van der Waals surface area contributed by atoms with Crippen LogP contribution < -0.4 is 4.74 Å². The van der Waals surface area contributed by atoms with Crippen molar-refractivity contribution in [2.45, 2.75) is 45.6 Å². The third-order valence-corrected chi connectivity index (χ3v) is 4.34. The number of rotatable bonds is 11. The number of methoxy groups -OCH3 is 1. The second-order valence-electron chi connectivity index (χ2n) is 6.28. The van der Waals surface area contributed by atoms with E-state index in [4.69, 9.17) is 13.9 Å². The van der Waals surface area contributed by atoms with Crippen LogP contribution in [-0.4, -0.2) is 42.4 Å². The summed E-state index contributed by atoms with van der Waals surface area (Å²) in [6.45, 7) is 6.36. The highest BCUT2D eigenvalue weighted by Crippen LogP contribution is 2.16. The molecule has 0 aliphatic carbocycles. The van der Waals surface area contributed by atoms with Crippen LogP contribution in [0.2, 0.25) is 0 Å². The molecule has 1 aromatic carbocycles. The fraction of sp³-hybridized carbons (Fsp3) is 0.500. The van der Waals surface area contributed by atoms with E-state index in [0.717, 1.165) is 24.5 Å². The van der Waals surface area contributed by atoms with Gasteiger partial charge < -0.3 is 19.0 Å². The van der Waals surface area contributed by atoms with Crippen LogP contribution in [0, 0.1) is 0 Å². The zero-order valence-corrected chi connectivity index (χ0v) is 15.4. The Morgan fingerprint density at radius 2 is 1.96 bits per heavy atom. The Labute approximate surface area is 150 Å². The van der Waals surface area contributed by atoms with Gasteiger partial charge >= 0.3 is 0 Å². The van der Waals surface area contributed by atoms with Crippen LogP contribution in [0.3, 0.4) is 0 Å². The monoisotopic (exact) mass is 347 g/mol. The molecule has 25 heavy (non-hydrogen) atoms. The van der Waals surface area contributed by atoms with E-state index >= 15 is 0 Å². The molecule has 2 aromatic rings. The average Bonchev–Trinajstić information content (AvgIpc) is 3.14. The predicted molar refractivity (Wildman–Crippen MR) is 97.5 cm³/mol. The average molecular weight is 347 g/mol. The first-order chi connectivity index (χ1) is 12.1. The molecule has 5 nitrogen and oxygen atoms in total. The summed E-state index contributed by atoms with van der Waals surface area (Å²) in [6, 6.07) is 12.1. The summed E-state index contributed by atoms with van der Waals surface area (Å²) in [7, 11) is 1.67. The van der Waals surface area contributed by atoms with E-state index in [1.54, 1.807) is 13.4 Å². The molecule has 0 saturated heterocycles. The van der Waals surface area contributed by atoms with Gasteiger partial charge in [0.25, 0.3) is 0 Å². The second-order valence-corrected chi connectivity index (χ2v) is 6.28. The molecule has 5 heteroatoms. The Kier molecular flexibility index (Phi) is 7.98. The van der Waals surface area contributed by atoms with E-state index in [2.05, 4.69) is 30.9 Å². The first-order valence-corrected chi connectivity index (χ1v) is 8.77. The highest BCUT2D eigenvalue weighted by Gasteiger charge is 2.17. The Balaban J connectivity index is 1.85. The molecular weight excluding hydrogens is 318 g/mol. The van der Waals surface area contributed by atoms with Crippen LogP contribution in [0.15, 0.2) is 47.1 Å². The number of benzene rings is 1.